The number of aromatic nitrogens is 1. The minimum absolute atomic E-state index is 0.0396. The monoisotopic (exact) mass is 391 g/mol. The van der Waals surface area contributed by atoms with Crippen LogP contribution in [0.15, 0.2) is 18.2 Å². The molecule has 0 aliphatic heterocycles. The number of carbonyl (C=O) groups is 2. The van der Waals surface area contributed by atoms with Crippen molar-refractivity contribution in [2.45, 2.75) is 39.7 Å². The van der Waals surface area contributed by atoms with E-state index in [4.69, 9.17) is 5.11 Å². The smallest absolute Gasteiger partial charge is 0.335 e. The number of nitro groups is 1. The molecule has 9 heteroatoms. The molecule has 0 saturated carbocycles. The van der Waals surface area contributed by atoms with Gasteiger partial charge in [0, 0.05) is 35.5 Å². The summed E-state index contributed by atoms with van der Waals surface area (Å²) < 4.78 is 0. The zero-order valence-electron chi connectivity index (χ0n) is 15.7. The molecule has 1 atom stereocenters. The molecule has 1 amide bonds. The van der Waals surface area contributed by atoms with Gasteiger partial charge in [0.15, 0.2) is 0 Å². The summed E-state index contributed by atoms with van der Waals surface area (Å²) in [6.45, 7) is 7.80. The molecule has 0 fully saturated rings. The summed E-state index contributed by atoms with van der Waals surface area (Å²) >= 11 is 1.53. The van der Waals surface area contributed by atoms with Crippen molar-refractivity contribution >= 4 is 28.9 Å². The van der Waals surface area contributed by atoms with Crippen molar-refractivity contribution < 1.29 is 19.6 Å². The topological polar surface area (TPSA) is 114 Å². The number of hydrogen-bond donors (Lipinski definition) is 1. The maximum absolute atomic E-state index is 12.9. The van der Waals surface area contributed by atoms with E-state index in [1.54, 1.807) is 7.05 Å². The number of carboxylic acid groups (broad SMARTS) is 1. The number of carbonyl (C=O) groups excluding carboxylic acids is 1. The highest BCUT2D eigenvalue weighted by atomic mass is 32.1. The molecule has 0 aliphatic rings. The van der Waals surface area contributed by atoms with Crippen LogP contribution in [0.5, 0.6) is 0 Å². The summed E-state index contributed by atoms with van der Waals surface area (Å²) in [5.74, 6) is -1.55. The fourth-order valence-corrected chi connectivity index (χ4v) is 3.75. The van der Waals surface area contributed by atoms with Crippen molar-refractivity contribution in [1.82, 2.24) is 9.88 Å². The molecule has 1 heterocycles. The Morgan fingerprint density at radius 3 is 2.30 bits per heavy atom. The number of aromatic carboxylic acids is 1. The minimum Gasteiger partial charge on any atom is -0.478 e. The molecule has 0 spiro atoms. The highest BCUT2D eigenvalue weighted by Crippen LogP contribution is 2.32. The number of nitrogens with zero attached hydrogens (tertiary/aromatic N) is 3. The second-order valence-corrected chi connectivity index (χ2v) is 7.64. The van der Waals surface area contributed by atoms with E-state index in [1.807, 2.05) is 27.7 Å². The van der Waals surface area contributed by atoms with E-state index in [0.717, 1.165) is 33.8 Å². The van der Waals surface area contributed by atoms with Crippen LogP contribution in [0.2, 0.25) is 0 Å². The number of aryl methyl sites for hydroxylation is 1. The number of hydrogen-bond acceptors (Lipinski definition) is 6. The van der Waals surface area contributed by atoms with Gasteiger partial charge in [0.05, 0.1) is 27.2 Å². The summed E-state index contributed by atoms with van der Waals surface area (Å²) in [6.07, 6.45) is 0. The molecule has 0 bridgehead atoms. The van der Waals surface area contributed by atoms with Crippen LogP contribution in [0.4, 0.5) is 5.69 Å². The van der Waals surface area contributed by atoms with E-state index in [0.29, 0.717) is 0 Å². The molecule has 0 radical (unpaired) electrons. The molecule has 0 aliphatic carbocycles. The molecule has 0 saturated heterocycles. The van der Waals surface area contributed by atoms with Gasteiger partial charge in [-0.15, -0.1) is 11.3 Å². The fraction of sp³-hybridized carbons (Fsp3) is 0.389. The van der Waals surface area contributed by atoms with Gasteiger partial charge < -0.3 is 10.0 Å². The van der Waals surface area contributed by atoms with E-state index in [-0.39, 0.29) is 23.1 Å². The lowest BCUT2D eigenvalue weighted by atomic mass is 10.1. The number of carboxylic acids is 1. The highest BCUT2D eigenvalue weighted by molar-refractivity contribution is 7.11. The average molecular weight is 391 g/mol. The molecule has 1 aromatic heterocycles. The number of amides is 1. The van der Waals surface area contributed by atoms with Crippen LogP contribution in [-0.4, -0.2) is 38.8 Å². The lowest BCUT2D eigenvalue weighted by Crippen LogP contribution is -2.29. The molecule has 2 aromatic rings. The third-order valence-electron chi connectivity index (χ3n) is 4.25. The maximum atomic E-state index is 12.9. The lowest BCUT2D eigenvalue weighted by Gasteiger charge is -2.24. The number of nitro benzene ring substituents is 1. The van der Waals surface area contributed by atoms with Gasteiger partial charge in [0.25, 0.3) is 11.6 Å². The van der Waals surface area contributed by atoms with Crippen LogP contribution in [0.25, 0.3) is 0 Å². The zero-order valence-corrected chi connectivity index (χ0v) is 16.5. The minimum atomic E-state index is -1.33. The van der Waals surface area contributed by atoms with Crippen LogP contribution < -0.4 is 0 Å². The quantitative estimate of drug-likeness (QED) is 0.588. The Labute approximate surface area is 160 Å². The van der Waals surface area contributed by atoms with Gasteiger partial charge >= 0.3 is 5.97 Å². The molecular weight excluding hydrogens is 370 g/mol. The average Bonchev–Trinajstić information content (AvgIpc) is 3.01. The second kappa shape index (κ2) is 7.83. The Bertz CT molecular complexity index is 874. The van der Waals surface area contributed by atoms with E-state index in [2.05, 4.69) is 4.98 Å². The summed E-state index contributed by atoms with van der Waals surface area (Å²) in [5.41, 5.74) is 0.0587. The number of thiazole rings is 1. The highest BCUT2D eigenvalue weighted by Gasteiger charge is 2.26. The Morgan fingerprint density at radius 2 is 1.81 bits per heavy atom. The first kappa shape index (κ1) is 20.5. The summed E-state index contributed by atoms with van der Waals surface area (Å²) in [6, 6.07) is 2.87. The number of non-ortho nitro benzene ring substituents is 1. The molecule has 8 nitrogen and oxygen atoms in total. The van der Waals surface area contributed by atoms with Gasteiger partial charge in [0.2, 0.25) is 0 Å². The molecule has 27 heavy (non-hydrogen) atoms. The SMILES string of the molecule is Cc1nc(C(C)C)sc1C(C)N(C)C(=O)c1cc(C(=O)O)cc([N+](=O)[O-])c1. The Morgan fingerprint density at radius 1 is 1.22 bits per heavy atom. The van der Waals surface area contributed by atoms with Crippen molar-refractivity contribution in [3.8, 4) is 0 Å². The Balaban J connectivity index is 2.39. The first-order valence-corrected chi connectivity index (χ1v) is 9.11. The third kappa shape index (κ3) is 4.30. The van der Waals surface area contributed by atoms with Crippen molar-refractivity contribution in [2.24, 2.45) is 0 Å². The van der Waals surface area contributed by atoms with E-state index >= 15 is 0 Å². The van der Waals surface area contributed by atoms with Gasteiger partial charge in [-0.25, -0.2) is 9.78 Å². The summed E-state index contributed by atoms with van der Waals surface area (Å²) in [7, 11) is 1.58. The van der Waals surface area contributed by atoms with Crippen LogP contribution in [0.3, 0.4) is 0 Å². The Hall–Kier alpha value is -2.81. The lowest BCUT2D eigenvalue weighted by molar-refractivity contribution is -0.384. The molecule has 1 N–H and O–H groups in total. The molecular formula is C18H21N3O5S. The van der Waals surface area contributed by atoms with E-state index < -0.39 is 22.5 Å². The largest absolute Gasteiger partial charge is 0.478 e. The fourth-order valence-electron chi connectivity index (χ4n) is 2.58. The molecule has 144 valence electrons. The summed E-state index contributed by atoms with van der Waals surface area (Å²) in [5, 5.41) is 21.2. The normalized spacial score (nSPS) is 12.1. The van der Waals surface area contributed by atoms with Crippen LogP contribution in [0.1, 0.15) is 69.0 Å². The first-order chi connectivity index (χ1) is 12.5. The summed E-state index contributed by atoms with van der Waals surface area (Å²) in [4.78, 5) is 41.3. The van der Waals surface area contributed by atoms with E-state index in [9.17, 15) is 19.7 Å². The van der Waals surface area contributed by atoms with Crippen molar-refractivity contribution in [3.05, 3.63) is 55.0 Å². The molecule has 1 aromatic carbocycles. The van der Waals surface area contributed by atoms with Crippen molar-refractivity contribution in [1.29, 1.82) is 0 Å². The first-order valence-electron chi connectivity index (χ1n) is 8.30. The number of rotatable bonds is 6. The van der Waals surface area contributed by atoms with Crippen LogP contribution >= 0.6 is 11.3 Å². The second-order valence-electron chi connectivity index (χ2n) is 6.58. The third-order valence-corrected chi connectivity index (χ3v) is 5.87. The van der Waals surface area contributed by atoms with Crippen molar-refractivity contribution in [2.75, 3.05) is 7.05 Å². The van der Waals surface area contributed by atoms with Gasteiger partial charge in [0.1, 0.15) is 0 Å². The van der Waals surface area contributed by atoms with Gasteiger partial charge in [-0.05, 0) is 19.9 Å². The zero-order chi connectivity index (χ0) is 20.5. The van der Waals surface area contributed by atoms with E-state index in [1.165, 1.54) is 16.2 Å². The van der Waals surface area contributed by atoms with Gasteiger partial charge in [-0.1, -0.05) is 13.8 Å². The molecule has 2 rings (SSSR count). The number of benzene rings is 1. The standard InChI is InChI=1S/C18H21N3O5S/c1-9(2)16-19-10(3)15(27-16)11(4)20(5)17(22)12-6-13(18(23)24)8-14(7-12)21(25)26/h6-9,11H,1-5H3,(H,23,24). The Kier molecular flexibility index (Phi) is 5.94. The van der Waals surface area contributed by atoms with Gasteiger partial charge in [-0.2, -0.15) is 0 Å². The predicted molar refractivity (Wildman–Crippen MR) is 102 cm³/mol. The van der Waals surface area contributed by atoms with Crippen molar-refractivity contribution in [3.63, 3.8) is 0 Å². The molecule has 1 unspecified atom stereocenters. The van der Waals surface area contributed by atoms with Crippen LogP contribution in [0, 0.1) is 17.0 Å². The maximum Gasteiger partial charge on any atom is 0.335 e. The van der Waals surface area contributed by atoms with Crippen LogP contribution in [-0.2, 0) is 0 Å². The predicted octanol–water partition coefficient (Wildman–Crippen LogP) is 4.01. The van der Waals surface area contributed by atoms with Gasteiger partial charge in [-0.3, -0.25) is 14.9 Å².